The normalized spacial score (nSPS) is 19.9. The molecule has 0 atom stereocenters. The average Bonchev–Trinajstić information content (AvgIpc) is 3.02. The summed E-state index contributed by atoms with van der Waals surface area (Å²) >= 11 is 0. The van der Waals surface area contributed by atoms with Crippen molar-refractivity contribution in [1.29, 1.82) is 0 Å². The Kier molecular flexibility index (Phi) is 21.0. The summed E-state index contributed by atoms with van der Waals surface area (Å²) in [6.07, 6.45) is 0.625. The Hall–Kier alpha value is -3.50. The zero-order chi connectivity index (χ0) is 36.7. The predicted molar refractivity (Wildman–Crippen MR) is 176 cm³/mol. The highest BCUT2D eigenvalue weighted by Gasteiger charge is 2.21. The van der Waals surface area contributed by atoms with Crippen LogP contribution in [0.3, 0.4) is 0 Å². The van der Waals surface area contributed by atoms with Crippen molar-refractivity contribution in [2.24, 2.45) is 0 Å². The van der Waals surface area contributed by atoms with E-state index in [0.717, 1.165) is 0 Å². The van der Waals surface area contributed by atoms with E-state index < -0.39 is 35.8 Å². The van der Waals surface area contributed by atoms with E-state index in [1.54, 1.807) is 19.6 Å². The second-order valence-corrected chi connectivity index (χ2v) is 12.2. The summed E-state index contributed by atoms with van der Waals surface area (Å²) in [5, 5.41) is 46.3. The van der Waals surface area contributed by atoms with Gasteiger partial charge in [-0.05, 0) is 12.8 Å². The molecule has 0 unspecified atom stereocenters. The number of nitrogens with zero attached hydrogens (tertiary/aromatic N) is 6. The Labute approximate surface area is 291 Å². The van der Waals surface area contributed by atoms with Crippen molar-refractivity contribution in [3.63, 3.8) is 0 Å². The van der Waals surface area contributed by atoms with Crippen molar-refractivity contribution < 1.29 is 58.9 Å². The zero-order valence-corrected chi connectivity index (χ0v) is 28.7. The molecule has 0 aromatic carbocycles. The first-order valence-electron chi connectivity index (χ1n) is 17.0. The van der Waals surface area contributed by atoms with Crippen LogP contribution in [-0.4, -0.2) is 217 Å². The molecule has 6 N–H and O–H groups in total. The fourth-order valence-corrected chi connectivity index (χ4v) is 5.38. The maximum atomic E-state index is 12.8. The molecule has 0 amide bonds. The number of unbranched alkanes of at least 4 members (excludes halogenated alkanes) is 1. The van der Waals surface area contributed by atoms with Gasteiger partial charge in [-0.15, -0.1) is 10.1 Å². The van der Waals surface area contributed by atoms with Crippen LogP contribution in [-0.2, 0) is 38.4 Å². The first-order valence-corrected chi connectivity index (χ1v) is 17.0. The van der Waals surface area contributed by atoms with E-state index in [4.69, 9.17) is 9.68 Å². The van der Waals surface area contributed by atoms with Crippen LogP contribution >= 0.6 is 0 Å². The molecule has 2 aliphatic rings. The lowest BCUT2D eigenvalue weighted by Gasteiger charge is -2.29. The molecule has 0 saturated carbocycles. The van der Waals surface area contributed by atoms with E-state index in [2.05, 4.69) is 10.6 Å². The molecule has 20 heteroatoms. The van der Waals surface area contributed by atoms with Crippen LogP contribution in [0.2, 0.25) is 0 Å². The Morgan fingerprint density at radius 3 is 0.920 bits per heavy atom. The highest BCUT2D eigenvalue weighted by Crippen LogP contribution is 2.08. The minimum atomic E-state index is -0.979. The predicted octanol–water partition coefficient (Wildman–Crippen LogP) is -3.18. The van der Waals surface area contributed by atoms with E-state index in [1.807, 2.05) is 0 Å². The summed E-state index contributed by atoms with van der Waals surface area (Å²) in [6.45, 7) is 5.19. The van der Waals surface area contributed by atoms with Gasteiger partial charge in [0.05, 0.1) is 26.2 Å². The summed E-state index contributed by atoms with van der Waals surface area (Å²) in [4.78, 5) is 88.9. The highest BCUT2D eigenvalue weighted by atomic mass is 16.7. The Balaban J connectivity index is 1.89. The Morgan fingerprint density at radius 1 is 0.420 bits per heavy atom. The Morgan fingerprint density at radius 2 is 0.680 bits per heavy atom. The van der Waals surface area contributed by atoms with E-state index in [-0.39, 0.29) is 65.2 Å². The number of hydrogen-bond donors (Lipinski definition) is 6. The molecule has 20 nitrogen and oxygen atoms in total. The van der Waals surface area contributed by atoms with Gasteiger partial charge in [0, 0.05) is 118 Å². The van der Waals surface area contributed by atoms with E-state index >= 15 is 0 Å². The number of hydrogen-bond acceptors (Lipinski definition) is 16. The molecule has 2 aliphatic heterocycles. The lowest BCUT2D eigenvalue weighted by Crippen LogP contribution is -2.47. The van der Waals surface area contributed by atoms with Crippen molar-refractivity contribution in [2.75, 3.05) is 131 Å². The molecule has 2 rings (SSSR count). The number of rotatable bonds is 15. The molecule has 286 valence electrons. The largest absolute Gasteiger partial charge is 0.480 e. The number of nitrogens with one attached hydrogen (secondary N) is 2. The molecule has 0 aromatic heterocycles. The van der Waals surface area contributed by atoms with Crippen LogP contribution in [0.15, 0.2) is 0 Å². The molecule has 0 spiro atoms. The minimum Gasteiger partial charge on any atom is -0.480 e. The van der Waals surface area contributed by atoms with Gasteiger partial charge in [-0.25, -0.2) is 0 Å². The third kappa shape index (κ3) is 20.9. The van der Waals surface area contributed by atoms with Crippen LogP contribution in [0, 0.1) is 0 Å². The standard InChI is InChI=1S/C30H54N8O12/c39-25(40)21-33-9-5-31-6-10-34(22-26(41)42)14-18-37(17-13-33)49-29(47)3-1-2-4-30(48)50-38-19-15-35(23-27(43)44)11-7-32-8-12-36(16-20-38)24-28(45)46/h31-32H,1-24H2,(H,39,40)(H,41,42)(H,43,44)(H,45,46). The SMILES string of the molecule is O=C(O)CN1CCNCCN(CC(=O)O)CCN(OC(=O)CCCCC(=O)ON2CCN(CC(=O)O)CCNCCN(CC(=O)O)CC2)CC1. The van der Waals surface area contributed by atoms with Crippen molar-refractivity contribution in [3.05, 3.63) is 0 Å². The average molecular weight is 719 g/mol. The van der Waals surface area contributed by atoms with Gasteiger partial charge >= 0.3 is 35.8 Å². The highest BCUT2D eigenvalue weighted by molar-refractivity contribution is 5.71. The van der Waals surface area contributed by atoms with Gasteiger partial charge in [-0.3, -0.25) is 48.4 Å². The van der Waals surface area contributed by atoms with Crippen molar-refractivity contribution >= 4 is 35.8 Å². The fourth-order valence-electron chi connectivity index (χ4n) is 5.38. The number of carbonyl (C=O) groups excluding carboxylic acids is 2. The van der Waals surface area contributed by atoms with Gasteiger partial charge in [0.2, 0.25) is 0 Å². The van der Waals surface area contributed by atoms with E-state index in [0.29, 0.717) is 91.4 Å². The minimum absolute atomic E-state index is 0.00255. The zero-order valence-electron chi connectivity index (χ0n) is 28.7. The molecule has 2 fully saturated rings. The van der Waals surface area contributed by atoms with Gasteiger partial charge in [-0.2, -0.15) is 0 Å². The molecule has 0 aliphatic carbocycles. The maximum absolute atomic E-state index is 12.8. The number of carboxylic acids is 4. The van der Waals surface area contributed by atoms with Gasteiger partial charge in [0.1, 0.15) is 0 Å². The molecule has 50 heavy (non-hydrogen) atoms. The first-order chi connectivity index (χ1) is 23.9. The summed E-state index contributed by atoms with van der Waals surface area (Å²) < 4.78 is 0. The van der Waals surface area contributed by atoms with Crippen LogP contribution in [0.4, 0.5) is 0 Å². The van der Waals surface area contributed by atoms with Crippen molar-refractivity contribution in [1.82, 2.24) is 40.4 Å². The van der Waals surface area contributed by atoms with Gasteiger partial charge in [-0.1, -0.05) is 0 Å². The molecule has 0 radical (unpaired) electrons. The van der Waals surface area contributed by atoms with Crippen LogP contribution in [0.25, 0.3) is 0 Å². The summed E-state index contributed by atoms with van der Waals surface area (Å²) in [5.74, 6) is -5.01. The van der Waals surface area contributed by atoms with Gasteiger partial charge in [0.25, 0.3) is 0 Å². The Bertz CT molecular complexity index is 945. The molecule has 0 bridgehead atoms. The molecule has 2 saturated heterocycles. The van der Waals surface area contributed by atoms with Gasteiger partial charge in [0.15, 0.2) is 0 Å². The molecular formula is C30H54N8O12. The number of carboxylic acid groups (broad SMARTS) is 4. The van der Waals surface area contributed by atoms with Crippen molar-refractivity contribution in [3.8, 4) is 0 Å². The maximum Gasteiger partial charge on any atom is 0.325 e. The summed E-state index contributed by atoms with van der Waals surface area (Å²) in [6, 6.07) is 0. The topological polar surface area (TPSA) is 245 Å². The number of carbonyl (C=O) groups is 6. The fraction of sp³-hybridized carbons (Fsp3) is 0.800. The lowest BCUT2D eigenvalue weighted by atomic mass is 10.2. The quantitative estimate of drug-likeness (QED) is 0.0914. The van der Waals surface area contributed by atoms with Gasteiger partial charge < -0.3 is 40.7 Å². The molecule has 0 aromatic rings. The number of hydroxylamine groups is 4. The third-order valence-electron chi connectivity index (χ3n) is 7.99. The summed E-state index contributed by atoms with van der Waals surface area (Å²) in [7, 11) is 0. The second-order valence-electron chi connectivity index (χ2n) is 12.2. The van der Waals surface area contributed by atoms with Crippen LogP contribution in [0.1, 0.15) is 25.7 Å². The van der Waals surface area contributed by atoms with Crippen LogP contribution in [0.5, 0.6) is 0 Å². The summed E-state index contributed by atoms with van der Waals surface area (Å²) in [5.41, 5.74) is 0. The lowest BCUT2D eigenvalue weighted by molar-refractivity contribution is -0.194. The molecular weight excluding hydrogens is 664 g/mol. The number of aliphatic carboxylic acids is 4. The first kappa shape index (κ1) is 42.7. The van der Waals surface area contributed by atoms with E-state index in [1.165, 1.54) is 10.1 Å². The monoisotopic (exact) mass is 718 g/mol. The van der Waals surface area contributed by atoms with E-state index in [9.17, 15) is 49.2 Å². The smallest absolute Gasteiger partial charge is 0.325 e. The van der Waals surface area contributed by atoms with Crippen molar-refractivity contribution in [2.45, 2.75) is 25.7 Å². The third-order valence-corrected chi connectivity index (χ3v) is 7.99. The van der Waals surface area contributed by atoms with Crippen LogP contribution < -0.4 is 10.6 Å². The second kappa shape index (κ2) is 24.6. The molecule has 2 heterocycles.